The Morgan fingerprint density at radius 1 is 1.00 bits per heavy atom. The van der Waals surface area contributed by atoms with E-state index in [9.17, 15) is 19.7 Å². The Balaban J connectivity index is 1.99. The number of para-hydroxylation sites is 1. The Hall–Kier alpha value is -3.71. The summed E-state index contributed by atoms with van der Waals surface area (Å²) in [5, 5.41) is 15.0. The van der Waals surface area contributed by atoms with Crippen LogP contribution in [0.5, 0.6) is 0 Å². The zero-order valence-electron chi connectivity index (χ0n) is 20.2. The maximum absolute atomic E-state index is 13.7. The fourth-order valence-corrected chi connectivity index (χ4v) is 4.21. The van der Waals surface area contributed by atoms with Gasteiger partial charge in [0, 0.05) is 36.2 Å². The van der Waals surface area contributed by atoms with Gasteiger partial charge in [-0.25, -0.2) is 0 Å². The third-order valence-corrected chi connectivity index (χ3v) is 6.11. The lowest BCUT2D eigenvalue weighted by Gasteiger charge is -2.31. The number of nitro groups is 1. The number of carbonyl (C=O) groups is 2. The van der Waals surface area contributed by atoms with Crippen molar-refractivity contribution in [2.75, 3.05) is 6.54 Å². The fourth-order valence-electron chi connectivity index (χ4n) is 4.00. The minimum absolute atomic E-state index is 0.124. The molecule has 0 saturated carbocycles. The number of nitrogens with zero attached hydrogens (tertiary/aromatic N) is 2. The highest BCUT2D eigenvalue weighted by atomic mass is 35.5. The molecule has 0 aliphatic rings. The first-order chi connectivity index (χ1) is 17.4. The van der Waals surface area contributed by atoms with Crippen LogP contribution >= 0.6 is 11.6 Å². The Morgan fingerprint density at radius 3 is 2.39 bits per heavy atom. The van der Waals surface area contributed by atoms with E-state index in [1.165, 1.54) is 11.0 Å². The van der Waals surface area contributed by atoms with Crippen LogP contribution in [0.25, 0.3) is 0 Å². The molecule has 0 aliphatic heterocycles. The SMILES string of the molecule is CCCCNC(=O)[C@H](Cc1ccccc1)N(Cc1cccc(Cl)c1)C(=O)Cc1ccccc1[N+](=O)[O-]. The molecule has 3 aromatic rings. The molecule has 36 heavy (non-hydrogen) atoms. The predicted octanol–water partition coefficient (Wildman–Crippen LogP) is 5.35. The van der Waals surface area contributed by atoms with Crippen LogP contribution in [-0.2, 0) is 29.0 Å². The average molecular weight is 508 g/mol. The van der Waals surface area contributed by atoms with Crippen molar-refractivity contribution in [3.63, 3.8) is 0 Å². The van der Waals surface area contributed by atoms with Crippen LogP contribution in [0.4, 0.5) is 5.69 Å². The van der Waals surface area contributed by atoms with Crippen molar-refractivity contribution in [1.29, 1.82) is 0 Å². The van der Waals surface area contributed by atoms with Crippen LogP contribution in [0.15, 0.2) is 78.9 Å². The first-order valence-corrected chi connectivity index (χ1v) is 12.3. The van der Waals surface area contributed by atoms with Crippen molar-refractivity contribution < 1.29 is 14.5 Å². The summed E-state index contributed by atoms with van der Waals surface area (Å²) in [5.74, 6) is -0.638. The number of unbranched alkanes of at least 4 members (excludes halogenated alkanes) is 1. The molecule has 2 amide bonds. The summed E-state index contributed by atoms with van der Waals surface area (Å²) in [6, 6.07) is 22.0. The lowest BCUT2D eigenvalue weighted by Crippen LogP contribution is -2.51. The molecule has 0 bridgehead atoms. The van der Waals surface area contributed by atoms with Gasteiger partial charge in [0.25, 0.3) is 5.69 Å². The number of amides is 2. The summed E-state index contributed by atoms with van der Waals surface area (Å²) in [5.41, 5.74) is 1.84. The second kappa shape index (κ2) is 13.4. The van der Waals surface area contributed by atoms with Crippen LogP contribution < -0.4 is 5.32 Å². The molecule has 7 nitrogen and oxygen atoms in total. The molecule has 0 spiro atoms. The van der Waals surface area contributed by atoms with Crippen LogP contribution in [-0.4, -0.2) is 34.2 Å². The second-order valence-corrected chi connectivity index (χ2v) is 9.00. The van der Waals surface area contributed by atoms with E-state index in [-0.39, 0.29) is 30.5 Å². The topological polar surface area (TPSA) is 92.6 Å². The van der Waals surface area contributed by atoms with E-state index in [0.717, 1.165) is 24.0 Å². The predicted molar refractivity (Wildman–Crippen MR) is 141 cm³/mol. The van der Waals surface area contributed by atoms with E-state index in [0.29, 0.717) is 23.6 Å². The van der Waals surface area contributed by atoms with Gasteiger partial charge < -0.3 is 10.2 Å². The van der Waals surface area contributed by atoms with Gasteiger partial charge in [0.2, 0.25) is 11.8 Å². The molecular weight excluding hydrogens is 478 g/mol. The van der Waals surface area contributed by atoms with E-state index in [1.54, 1.807) is 36.4 Å². The molecular formula is C28H30ClN3O4. The molecule has 0 fully saturated rings. The molecule has 3 aromatic carbocycles. The molecule has 3 rings (SSSR count). The van der Waals surface area contributed by atoms with Crippen LogP contribution in [0.1, 0.15) is 36.5 Å². The summed E-state index contributed by atoms with van der Waals surface area (Å²) in [7, 11) is 0. The molecule has 0 radical (unpaired) electrons. The number of hydrogen-bond acceptors (Lipinski definition) is 4. The summed E-state index contributed by atoms with van der Waals surface area (Å²) >= 11 is 6.19. The third kappa shape index (κ3) is 7.65. The quantitative estimate of drug-likeness (QED) is 0.203. The molecule has 1 N–H and O–H groups in total. The molecule has 0 aromatic heterocycles. The third-order valence-electron chi connectivity index (χ3n) is 5.87. The minimum atomic E-state index is -0.807. The Kier molecular flexibility index (Phi) is 10.0. The van der Waals surface area contributed by atoms with Gasteiger partial charge in [-0.15, -0.1) is 0 Å². The van der Waals surface area contributed by atoms with E-state index in [4.69, 9.17) is 11.6 Å². The van der Waals surface area contributed by atoms with Crippen LogP contribution in [0, 0.1) is 10.1 Å². The van der Waals surface area contributed by atoms with Gasteiger partial charge in [-0.1, -0.05) is 85.6 Å². The van der Waals surface area contributed by atoms with Crippen molar-refractivity contribution in [1.82, 2.24) is 10.2 Å². The first-order valence-electron chi connectivity index (χ1n) is 12.0. The van der Waals surface area contributed by atoms with Crippen molar-refractivity contribution >= 4 is 29.1 Å². The highest BCUT2D eigenvalue weighted by Gasteiger charge is 2.31. The molecule has 1 atom stereocenters. The number of hydrogen-bond donors (Lipinski definition) is 1. The highest BCUT2D eigenvalue weighted by molar-refractivity contribution is 6.30. The summed E-state index contributed by atoms with van der Waals surface area (Å²) < 4.78 is 0. The molecule has 0 unspecified atom stereocenters. The van der Waals surface area contributed by atoms with Crippen molar-refractivity contribution in [2.45, 2.75) is 45.2 Å². The summed E-state index contributed by atoms with van der Waals surface area (Å²) in [4.78, 5) is 39.7. The lowest BCUT2D eigenvalue weighted by molar-refractivity contribution is -0.385. The molecule has 0 saturated heterocycles. The van der Waals surface area contributed by atoms with Gasteiger partial charge in [-0.3, -0.25) is 19.7 Å². The van der Waals surface area contributed by atoms with E-state index >= 15 is 0 Å². The van der Waals surface area contributed by atoms with E-state index in [2.05, 4.69) is 5.32 Å². The molecule has 0 aliphatic carbocycles. The molecule has 188 valence electrons. The largest absolute Gasteiger partial charge is 0.354 e. The monoisotopic (exact) mass is 507 g/mol. The normalized spacial score (nSPS) is 11.5. The van der Waals surface area contributed by atoms with Crippen LogP contribution in [0.2, 0.25) is 5.02 Å². The zero-order valence-corrected chi connectivity index (χ0v) is 21.0. The number of halogens is 1. The second-order valence-electron chi connectivity index (χ2n) is 8.56. The van der Waals surface area contributed by atoms with E-state index < -0.39 is 11.0 Å². The minimum Gasteiger partial charge on any atom is -0.354 e. The Labute approximate surface area is 216 Å². The smallest absolute Gasteiger partial charge is 0.273 e. The van der Waals surface area contributed by atoms with E-state index in [1.807, 2.05) is 43.3 Å². The number of carbonyl (C=O) groups excluding carboxylic acids is 2. The van der Waals surface area contributed by atoms with Gasteiger partial charge >= 0.3 is 0 Å². The van der Waals surface area contributed by atoms with Crippen molar-refractivity contribution in [2.24, 2.45) is 0 Å². The Bertz CT molecular complexity index is 1190. The molecule has 8 heteroatoms. The van der Waals surface area contributed by atoms with Gasteiger partial charge in [0.15, 0.2) is 0 Å². The van der Waals surface area contributed by atoms with Gasteiger partial charge in [0.1, 0.15) is 6.04 Å². The highest BCUT2D eigenvalue weighted by Crippen LogP contribution is 2.22. The fraction of sp³-hybridized carbons (Fsp3) is 0.286. The maximum atomic E-state index is 13.7. The van der Waals surface area contributed by atoms with Crippen LogP contribution in [0.3, 0.4) is 0 Å². The van der Waals surface area contributed by atoms with Gasteiger partial charge in [-0.05, 0) is 29.7 Å². The molecule has 0 heterocycles. The maximum Gasteiger partial charge on any atom is 0.273 e. The number of nitro benzene ring substituents is 1. The lowest BCUT2D eigenvalue weighted by atomic mass is 10.0. The first kappa shape index (κ1) is 26.9. The summed E-state index contributed by atoms with van der Waals surface area (Å²) in [6.07, 6.45) is 1.85. The average Bonchev–Trinajstić information content (AvgIpc) is 2.87. The van der Waals surface area contributed by atoms with Gasteiger partial charge in [0.05, 0.1) is 11.3 Å². The number of rotatable bonds is 12. The standard InChI is InChI=1S/C28H30ClN3O4/c1-2-3-16-30-28(34)26(18-21-10-5-4-6-11-21)31(20-22-12-9-14-24(29)17-22)27(33)19-23-13-7-8-15-25(23)32(35)36/h4-15,17,26H,2-3,16,18-20H2,1H3,(H,30,34)/t26-/m0/s1. The van der Waals surface area contributed by atoms with Crippen molar-refractivity contribution in [3.8, 4) is 0 Å². The number of benzene rings is 3. The van der Waals surface area contributed by atoms with Gasteiger partial charge in [-0.2, -0.15) is 0 Å². The number of nitrogens with one attached hydrogen (secondary N) is 1. The van der Waals surface area contributed by atoms with Crippen molar-refractivity contribution in [3.05, 3.63) is 111 Å². The zero-order chi connectivity index (χ0) is 25.9. The summed E-state index contributed by atoms with van der Waals surface area (Å²) in [6.45, 7) is 2.68. The Morgan fingerprint density at radius 2 is 1.69 bits per heavy atom.